The van der Waals surface area contributed by atoms with Gasteiger partial charge < -0.3 is 10.1 Å². The molecule has 0 unspecified atom stereocenters. The van der Waals surface area contributed by atoms with E-state index in [4.69, 9.17) is 4.74 Å². The summed E-state index contributed by atoms with van der Waals surface area (Å²) in [6, 6.07) is 18.2. The van der Waals surface area contributed by atoms with E-state index < -0.39 is 15.8 Å². The molecular weight excluding hydrogens is 419 g/mol. The molecule has 0 saturated heterocycles. The van der Waals surface area contributed by atoms with Crippen LogP contribution in [0.2, 0.25) is 0 Å². The van der Waals surface area contributed by atoms with Crippen molar-refractivity contribution >= 4 is 27.3 Å². The molecule has 3 rings (SSSR count). The number of sulfonamides is 1. The molecule has 2 N–H and O–H groups in total. The monoisotopic (exact) mass is 442 g/mol. The van der Waals surface area contributed by atoms with Crippen LogP contribution >= 0.6 is 0 Å². The van der Waals surface area contributed by atoms with Gasteiger partial charge in [0.25, 0.3) is 15.9 Å². The molecule has 0 aliphatic heterocycles. The SMILES string of the molecule is CC(C)c1ccc(NC(=O)COc2ccc(S(=O)(=O)Nc3ccc(F)cc3)cc2)cc1. The number of amides is 1. The van der Waals surface area contributed by atoms with Crippen molar-refractivity contribution in [2.45, 2.75) is 24.7 Å². The molecule has 0 heterocycles. The fourth-order valence-corrected chi connectivity index (χ4v) is 3.80. The maximum absolute atomic E-state index is 13.0. The lowest BCUT2D eigenvalue weighted by Crippen LogP contribution is -2.20. The predicted octanol–water partition coefficient (Wildman–Crippen LogP) is 4.77. The Morgan fingerprint density at radius 2 is 1.48 bits per heavy atom. The van der Waals surface area contributed by atoms with E-state index in [1.165, 1.54) is 54.1 Å². The first-order chi connectivity index (χ1) is 14.7. The molecule has 3 aromatic carbocycles. The number of hydrogen-bond acceptors (Lipinski definition) is 4. The number of anilines is 2. The Morgan fingerprint density at radius 3 is 2.06 bits per heavy atom. The zero-order valence-electron chi connectivity index (χ0n) is 17.1. The van der Waals surface area contributed by atoms with Crippen LogP contribution in [0.4, 0.5) is 15.8 Å². The number of carbonyl (C=O) groups is 1. The maximum atomic E-state index is 13.0. The number of halogens is 1. The van der Waals surface area contributed by atoms with Crippen molar-refractivity contribution in [2.75, 3.05) is 16.6 Å². The number of nitrogens with one attached hydrogen (secondary N) is 2. The van der Waals surface area contributed by atoms with Gasteiger partial charge >= 0.3 is 0 Å². The van der Waals surface area contributed by atoms with Gasteiger partial charge in [-0.05, 0) is 72.1 Å². The molecule has 0 radical (unpaired) electrons. The minimum atomic E-state index is -3.83. The predicted molar refractivity (Wildman–Crippen MR) is 118 cm³/mol. The smallest absolute Gasteiger partial charge is 0.262 e. The Bertz CT molecular complexity index is 1130. The van der Waals surface area contributed by atoms with Crippen molar-refractivity contribution in [1.82, 2.24) is 0 Å². The molecule has 0 fully saturated rings. The summed E-state index contributed by atoms with van der Waals surface area (Å²) in [7, 11) is -3.83. The van der Waals surface area contributed by atoms with Gasteiger partial charge in [-0.15, -0.1) is 0 Å². The summed E-state index contributed by atoms with van der Waals surface area (Å²) >= 11 is 0. The summed E-state index contributed by atoms with van der Waals surface area (Å²) in [5, 5.41) is 2.75. The maximum Gasteiger partial charge on any atom is 0.262 e. The molecule has 31 heavy (non-hydrogen) atoms. The number of hydrogen-bond donors (Lipinski definition) is 2. The molecule has 0 bridgehead atoms. The Labute approximate surface area is 181 Å². The van der Waals surface area contributed by atoms with Crippen LogP contribution in [-0.4, -0.2) is 20.9 Å². The number of rotatable bonds is 8. The van der Waals surface area contributed by atoms with E-state index in [1.807, 2.05) is 24.3 Å². The average molecular weight is 443 g/mol. The molecule has 8 heteroatoms. The lowest BCUT2D eigenvalue weighted by atomic mass is 10.0. The van der Waals surface area contributed by atoms with E-state index in [1.54, 1.807) is 0 Å². The Kier molecular flexibility index (Phi) is 6.91. The third-order valence-corrected chi connectivity index (χ3v) is 5.86. The number of carbonyl (C=O) groups excluding carboxylic acids is 1. The van der Waals surface area contributed by atoms with Crippen molar-refractivity contribution in [3.63, 3.8) is 0 Å². The van der Waals surface area contributed by atoms with Crippen LogP contribution in [0.1, 0.15) is 25.3 Å². The topological polar surface area (TPSA) is 84.5 Å². The van der Waals surface area contributed by atoms with Crippen molar-refractivity contribution in [2.24, 2.45) is 0 Å². The standard InChI is InChI=1S/C23H23FN2O4S/c1-16(2)17-3-7-19(8-4-17)25-23(27)15-30-21-11-13-22(14-12-21)31(28,29)26-20-9-5-18(24)6-10-20/h3-14,16,26H,15H2,1-2H3,(H,25,27). The molecule has 0 aliphatic carbocycles. The van der Waals surface area contributed by atoms with Crippen LogP contribution in [-0.2, 0) is 14.8 Å². The first-order valence-corrected chi connectivity index (χ1v) is 11.1. The van der Waals surface area contributed by atoms with Gasteiger partial charge in [-0.1, -0.05) is 26.0 Å². The van der Waals surface area contributed by atoms with Crippen LogP contribution in [0.25, 0.3) is 0 Å². The van der Waals surface area contributed by atoms with Gasteiger partial charge in [0.15, 0.2) is 6.61 Å². The van der Waals surface area contributed by atoms with Gasteiger partial charge in [0.1, 0.15) is 11.6 Å². The van der Waals surface area contributed by atoms with Crippen LogP contribution < -0.4 is 14.8 Å². The second kappa shape index (κ2) is 9.61. The highest BCUT2D eigenvalue weighted by Gasteiger charge is 2.14. The van der Waals surface area contributed by atoms with Crippen molar-refractivity contribution < 1.29 is 22.3 Å². The minimum absolute atomic E-state index is 0.0128. The van der Waals surface area contributed by atoms with E-state index in [0.29, 0.717) is 17.4 Å². The molecule has 0 spiro atoms. The average Bonchev–Trinajstić information content (AvgIpc) is 2.74. The molecule has 0 aromatic heterocycles. The van der Waals surface area contributed by atoms with E-state index >= 15 is 0 Å². The highest BCUT2D eigenvalue weighted by atomic mass is 32.2. The molecule has 0 saturated carbocycles. The lowest BCUT2D eigenvalue weighted by Gasteiger charge is -2.11. The summed E-state index contributed by atoms with van der Waals surface area (Å²) in [6.07, 6.45) is 0. The highest BCUT2D eigenvalue weighted by molar-refractivity contribution is 7.92. The molecule has 0 aliphatic rings. The zero-order valence-corrected chi connectivity index (χ0v) is 17.9. The Hall–Kier alpha value is -3.39. The second-order valence-electron chi connectivity index (χ2n) is 7.20. The van der Waals surface area contributed by atoms with E-state index in [2.05, 4.69) is 23.9 Å². The number of benzene rings is 3. The molecule has 3 aromatic rings. The van der Waals surface area contributed by atoms with E-state index in [0.717, 1.165) is 0 Å². The van der Waals surface area contributed by atoms with Gasteiger partial charge in [0.05, 0.1) is 4.90 Å². The summed E-state index contributed by atoms with van der Waals surface area (Å²) < 4.78 is 45.6. The summed E-state index contributed by atoms with van der Waals surface area (Å²) in [6.45, 7) is 3.97. The molecule has 1 amide bonds. The van der Waals surface area contributed by atoms with E-state index in [-0.39, 0.29) is 23.1 Å². The van der Waals surface area contributed by atoms with E-state index in [9.17, 15) is 17.6 Å². The molecule has 162 valence electrons. The lowest BCUT2D eigenvalue weighted by molar-refractivity contribution is -0.118. The highest BCUT2D eigenvalue weighted by Crippen LogP contribution is 2.20. The quantitative estimate of drug-likeness (QED) is 0.526. The Balaban J connectivity index is 1.55. The van der Waals surface area contributed by atoms with Crippen molar-refractivity contribution in [3.8, 4) is 5.75 Å². The third-order valence-electron chi connectivity index (χ3n) is 4.46. The van der Waals surface area contributed by atoms with Crippen molar-refractivity contribution in [3.05, 3.63) is 84.2 Å². The second-order valence-corrected chi connectivity index (χ2v) is 8.88. The van der Waals surface area contributed by atoms with Crippen LogP contribution in [0, 0.1) is 5.82 Å². The normalized spacial score (nSPS) is 11.2. The van der Waals surface area contributed by atoms with Gasteiger partial charge in [-0.25, -0.2) is 12.8 Å². The third kappa shape index (κ3) is 6.29. The van der Waals surface area contributed by atoms with Crippen LogP contribution in [0.3, 0.4) is 0 Å². The molecule has 0 atom stereocenters. The fraction of sp³-hybridized carbons (Fsp3) is 0.174. The summed E-state index contributed by atoms with van der Waals surface area (Å²) in [5.74, 6) is -0.0233. The van der Waals surface area contributed by atoms with Gasteiger partial charge in [-0.3, -0.25) is 9.52 Å². The summed E-state index contributed by atoms with van der Waals surface area (Å²) in [5.41, 5.74) is 2.10. The Morgan fingerprint density at radius 1 is 0.903 bits per heavy atom. The minimum Gasteiger partial charge on any atom is -0.484 e. The zero-order chi connectivity index (χ0) is 22.4. The first kappa shape index (κ1) is 22.3. The van der Waals surface area contributed by atoms with Crippen molar-refractivity contribution in [1.29, 1.82) is 0 Å². The van der Waals surface area contributed by atoms with Crippen LogP contribution in [0.15, 0.2) is 77.7 Å². The summed E-state index contributed by atoms with van der Waals surface area (Å²) in [4.78, 5) is 12.1. The molecular formula is C23H23FN2O4S. The number of ether oxygens (including phenoxy) is 1. The van der Waals surface area contributed by atoms with Crippen LogP contribution in [0.5, 0.6) is 5.75 Å². The van der Waals surface area contributed by atoms with Gasteiger partial charge in [0, 0.05) is 11.4 Å². The fourth-order valence-electron chi connectivity index (χ4n) is 2.74. The van der Waals surface area contributed by atoms with Gasteiger partial charge in [0.2, 0.25) is 0 Å². The largest absolute Gasteiger partial charge is 0.484 e. The molecule has 6 nitrogen and oxygen atoms in total. The first-order valence-electron chi connectivity index (χ1n) is 9.64. The van der Waals surface area contributed by atoms with Gasteiger partial charge in [-0.2, -0.15) is 0 Å².